The summed E-state index contributed by atoms with van der Waals surface area (Å²) in [6, 6.07) is 13.7. The lowest BCUT2D eigenvalue weighted by molar-refractivity contribution is -0.136. The van der Waals surface area contributed by atoms with Crippen LogP contribution in [0.15, 0.2) is 48.5 Å². The van der Waals surface area contributed by atoms with Crippen molar-refractivity contribution in [1.82, 2.24) is 0 Å². The van der Waals surface area contributed by atoms with Crippen LogP contribution in [0.25, 0.3) is 0 Å². The Hall–Kier alpha value is -2.86. The number of carbonyl (C=O) groups is 2. The van der Waals surface area contributed by atoms with E-state index in [4.69, 9.17) is 14.6 Å². The summed E-state index contributed by atoms with van der Waals surface area (Å²) in [5, 5.41) is 11.6. The van der Waals surface area contributed by atoms with Gasteiger partial charge in [-0.25, -0.2) is 0 Å². The van der Waals surface area contributed by atoms with Gasteiger partial charge in [0, 0.05) is 31.4 Å². The molecule has 0 unspecified atom stereocenters. The molecule has 0 atom stereocenters. The van der Waals surface area contributed by atoms with Crippen molar-refractivity contribution in [2.75, 3.05) is 25.6 Å². The zero-order valence-corrected chi connectivity index (χ0v) is 14.0. The lowest BCUT2D eigenvalue weighted by Gasteiger charge is -2.09. The highest BCUT2D eigenvalue weighted by atomic mass is 16.5. The number of carbonyl (C=O) groups excluding carboxylic acids is 1. The Morgan fingerprint density at radius 3 is 2.64 bits per heavy atom. The summed E-state index contributed by atoms with van der Waals surface area (Å²) in [7, 11) is 1.64. The molecule has 0 saturated heterocycles. The van der Waals surface area contributed by atoms with Crippen LogP contribution in [0.3, 0.4) is 0 Å². The monoisotopic (exact) mass is 343 g/mol. The Bertz CT molecular complexity index is 729. The second-order valence-electron chi connectivity index (χ2n) is 5.45. The van der Waals surface area contributed by atoms with Crippen LogP contribution in [0.2, 0.25) is 0 Å². The molecule has 1 amide bonds. The van der Waals surface area contributed by atoms with E-state index in [0.29, 0.717) is 35.8 Å². The molecule has 0 aliphatic rings. The maximum atomic E-state index is 12.4. The number of nitrogens with one attached hydrogen (secondary N) is 1. The van der Waals surface area contributed by atoms with Gasteiger partial charge in [-0.15, -0.1) is 0 Å². The molecule has 0 heterocycles. The number of methoxy groups -OCH3 is 1. The van der Waals surface area contributed by atoms with Gasteiger partial charge in [0.1, 0.15) is 5.75 Å². The Morgan fingerprint density at radius 2 is 1.88 bits per heavy atom. The van der Waals surface area contributed by atoms with Gasteiger partial charge in [-0.1, -0.05) is 18.2 Å². The minimum Gasteiger partial charge on any atom is -0.493 e. The van der Waals surface area contributed by atoms with Gasteiger partial charge >= 0.3 is 5.97 Å². The first-order valence-electron chi connectivity index (χ1n) is 7.92. The molecule has 0 fully saturated rings. The average Bonchev–Trinajstić information content (AvgIpc) is 2.59. The molecule has 2 rings (SSSR count). The van der Waals surface area contributed by atoms with Gasteiger partial charge in [-0.3, -0.25) is 9.59 Å². The average molecular weight is 343 g/mol. The first-order chi connectivity index (χ1) is 12.1. The van der Waals surface area contributed by atoms with E-state index in [2.05, 4.69) is 5.32 Å². The van der Waals surface area contributed by atoms with Gasteiger partial charge < -0.3 is 19.9 Å². The largest absolute Gasteiger partial charge is 0.493 e. The molecule has 0 aliphatic heterocycles. The van der Waals surface area contributed by atoms with Gasteiger partial charge in [0.2, 0.25) is 0 Å². The number of anilines is 1. The maximum Gasteiger partial charge on any atom is 0.307 e. The quantitative estimate of drug-likeness (QED) is 0.684. The summed E-state index contributed by atoms with van der Waals surface area (Å²) in [6.45, 7) is 1.13. The molecule has 2 N–H and O–H groups in total. The Labute approximate surface area is 146 Å². The van der Waals surface area contributed by atoms with Crippen LogP contribution in [0.1, 0.15) is 22.3 Å². The molecular formula is C19H21NO5. The van der Waals surface area contributed by atoms with Gasteiger partial charge in [0.05, 0.1) is 13.0 Å². The molecule has 0 bridgehead atoms. The van der Waals surface area contributed by atoms with Crippen molar-refractivity contribution >= 4 is 17.6 Å². The van der Waals surface area contributed by atoms with Crippen molar-refractivity contribution in [1.29, 1.82) is 0 Å². The summed E-state index contributed by atoms with van der Waals surface area (Å²) >= 11 is 0. The van der Waals surface area contributed by atoms with Gasteiger partial charge in [-0.05, 0) is 35.9 Å². The number of hydrogen-bond acceptors (Lipinski definition) is 4. The smallest absolute Gasteiger partial charge is 0.307 e. The van der Waals surface area contributed by atoms with Crippen molar-refractivity contribution in [3.63, 3.8) is 0 Å². The van der Waals surface area contributed by atoms with Crippen LogP contribution in [0.4, 0.5) is 5.69 Å². The third kappa shape index (κ3) is 6.27. The number of aliphatic carboxylic acids is 1. The van der Waals surface area contributed by atoms with Gasteiger partial charge in [0.25, 0.3) is 5.91 Å². The highest BCUT2D eigenvalue weighted by molar-refractivity contribution is 6.04. The second kappa shape index (κ2) is 9.44. The number of ether oxygens (including phenoxy) is 2. The highest BCUT2D eigenvalue weighted by Crippen LogP contribution is 2.17. The summed E-state index contributed by atoms with van der Waals surface area (Å²) in [5.41, 5.74) is 1.64. The molecule has 0 aromatic heterocycles. The van der Waals surface area contributed by atoms with E-state index in [-0.39, 0.29) is 12.3 Å². The first kappa shape index (κ1) is 18.5. The Morgan fingerprint density at radius 1 is 1.08 bits per heavy atom. The van der Waals surface area contributed by atoms with Crippen molar-refractivity contribution < 1.29 is 24.2 Å². The van der Waals surface area contributed by atoms with E-state index in [1.807, 2.05) is 0 Å². The fourth-order valence-electron chi connectivity index (χ4n) is 2.26. The number of carboxylic acid groups (broad SMARTS) is 1. The van der Waals surface area contributed by atoms with Crippen molar-refractivity contribution in [2.45, 2.75) is 12.8 Å². The van der Waals surface area contributed by atoms with Crippen LogP contribution < -0.4 is 10.1 Å². The first-order valence-corrected chi connectivity index (χ1v) is 7.92. The standard InChI is InChI=1S/C19H21NO5/c1-24-9-4-10-25-17-8-3-6-15(13-17)19(23)20-16-7-2-5-14(11-16)12-18(21)22/h2-3,5-8,11,13H,4,9-10,12H2,1H3,(H,20,23)(H,21,22). The third-order valence-electron chi connectivity index (χ3n) is 3.40. The fourth-order valence-corrected chi connectivity index (χ4v) is 2.26. The van der Waals surface area contributed by atoms with Gasteiger partial charge in [-0.2, -0.15) is 0 Å². The zero-order valence-electron chi connectivity index (χ0n) is 14.0. The number of benzene rings is 2. The summed E-state index contributed by atoms with van der Waals surface area (Å²) < 4.78 is 10.5. The lowest BCUT2D eigenvalue weighted by atomic mass is 10.1. The number of carboxylic acids is 1. The topological polar surface area (TPSA) is 84.9 Å². The van der Waals surface area contributed by atoms with E-state index in [0.717, 1.165) is 6.42 Å². The fraction of sp³-hybridized carbons (Fsp3) is 0.263. The van der Waals surface area contributed by atoms with E-state index in [1.165, 1.54) is 0 Å². The molecule has 25 heavy (non-hydrogen) atoms. The summed E-state index contributed by atoms with van der Waals surface area (Å²) in [5.74, 6) is -0.583. The van der Waals surface area contributed by atoms with E-state index in [9.17, 15) is 9.59 Å². The molecule has 2 aromatic carbocycles. The molecule has 6 heteroatoms. The van der Waals surface area contributed by atoms with Crippen LogP contribution in [0.5, 0.6) is 5.75 Å². The van der Waals surface area contributed by atoms with Crippen molar-refractivity contribution in [3.05, 3.63) is 59.7 Å². The molecule has 6 nitrogen and oxygen atoms in total. The molecular weight excluding hydrogens is 322 g/mol. The molecule has 0 radical (unpaired) electrons. The number of rotatable bonds is 9. The lowest BCUT2D eigenvalue weighted by Crippen LogP contribution is -2.12. The summed E-state index contributed by atoms with van der Waals surface area (Å²) in [4.78, 5) is 23.2. The number of amides is 1. The maximum absolute atomic E-state index is 12.4. The van der Waals surface area contributed by atoms with Crippen LogP contribution in [0, 0.1) is 0 Å². The second-order valence-corrected chi connectivity index (χ2v) is 5.45. The molecule has 2 aromatic rings. The van der Waals surface area contributed by atoms with Crippen molar-refractivity contribution in [2.24, 2.45) is 0 Å². The van der Waals surface area contributed by atoms with Crippen LogP contribution in [-0.2, 0) is 16.0 Å². The van der Waals surface area contributed by atoms with Gasteiger partial charge in [0.15, 0.2) is 0 Å². The minimum absolute atomic E-state index is 0.0888. The minimum atomic E-state index is -0.915. The zero-order chi connectivity index (χ0) is 18.1. The van der Waals surface area contributed by atoms with E-state index < -0.39 is 5.97 Å². The predicted octanol–water partition coefficient (Wildman–Crippen LogP) is 2.98. The highest BCUT2D eigenvalue weighted by Gasteiger charge is 2.08. The van der Waals surface area contributed by atoms with Crippen molar-refractivity contribution in [3.8, 4) is 5.75 Å². The van der Waals surface area contributed by atoms with E-state index >= 15 is 0 Å². The third-order valence-corrected chi connectivity index (χ3v) is 3.40. The predicted molar refractivity (Wildman–Crippen MR) is 94.2 cm³/mol. The summed E-state index contributed by atoms with van der Waals surface area (Å²) in [6.07, 6.45) is 0.678. The van der Waals surface area contributed by atoms with E-state index in [1.54, 1.807) is 55.6 Å². The molecule has 0 saturated carbocycles. The molecule has 0 aliphatic carbocycles. The Balaban J connectivity index is 1.99. The van der Waals surface area contributed by atoms with Crippen LogP contribution >= 0.6 is 0 Å². The SMILES string of the molecule is COCCCOc1cccc(C(=O)Nc2cccc(CC(=O)O)c2)c1. The Kier molecular flexibility index (Phi) is 6.98. The normalized spacial score (nSPS) is 10.3. The molecule has 132 valence electrons. The van der Waals surface area contributed by atoms with Crippen LogP contribution in [-0.4, -0.2) is 37.3 Å². The number of hydrogen-bond donors (Lipinski definition) is 2. The molecule has 0 spiro atoms.